The number of allylic oxidation sites excluding steroid dienone is 26. The van der Waals surface area contributed by atoms with Crippen LogP contribution in [0.2, 0.25) is 0 Å². The molecule has 0 spiro atoms. The van der Waals surface area contributed by atoms with E-state index in [1.807, 2.05) is 21.1 Å². The highest BCUT2D eigenvalue weighted by molar-refractivity contribution is 5.70. The average molecular weight is 1120 g/mol. The van der Waals surface area contributed by atoms with Crippen molar-refractivity contribution in [2.75, 3.05) is 47.5 Å². The zero-order valence-corrected chi connectivity index (χ0v) is 51.8. The molecule has 9 nitrogen and oxygen atoms in total. The Labute approximate surface area is 495 Å². The molecule has 0 bridgehead atoms. The fraction of sp³-hybridized carbons (Fsp3) is 0.597. The predicted molar refractivity (Wildman–Crippen MR) is 342 cm³/mol. The first-order chi connectivity index (χ1) is 39.6. The molecule has 0 rings (SSSR count). The van der Waals surface area contributed by atoms with Crippen LogP contribution in [-0.4, -0.2) is 82.3 Å². The van der Waals surface area contributed by atoms with Crippen LogP contribution in [0.1, 0.15) is 219 Å². The molecule has 0 amide bonds. The minimum atomic E-state index is -1.64. The summed E-state index contributed by atoms with van der Waals surface area (Å²) in [6.07, 6.45) is 87.2. The Balaban J connectivity index is 4.25. The topological polar surface area (TPSA) is 111 Å². The number of carbonyl (C=O) groups is 3. The molecule has 0 aromatic carbocycles. The molecule has 0 saturated heterocycles. The van der Waals surface area contributed by atoms with Gasteiger partial charge in [-0.3, -0.25) is 9.59 Å². The second-order valence-corrected chi connectivity index (χ2v) is 21.6. The van der Waals surface area contributed by atoms with Crippen molar-refractivity contribution in [2.24, 2.45) is 0 Å². The number of aliphatic carboxylic acids is 1. The molecule has 81 heavy (non-hydrogen) atoms. The number of rotatable bonds is 56. The van der Waals surface area contributed by atoms with E-state index >= 15 is 0 Å². The summed E-state index contributed by atoms with van der Waals surface area (Å²) in [7, 11) is 5.90. The molecular formula is C72H115NO8. The number of likely N-dealkylation sites (N-methyl/N-ethyl adjacent to an activating group) is 1. The van der Waals surface area contributed by atoms with Crippen LogP contribution >= 0.6 is 0 Å². The molecule has 2 atom stereocenters. The molecule has 0 aliphatic carbocycles. The Kier molecular flexibility index (Phi) is 57.2. The van der Waals surface area contributed by atoms with E-state index in [-0.39, 0.29) is 38.6 Å². The largest absolute Gasteiger partial charge is 0.545 e. The zero-order chi connectivity index (χ0) is 59.1. The second-order valence-electron chi connectivity index (χ2n) is 21.6. The van der Waals surface area contributed by atoms with Gasteiger partial charge in [0.05, 0.1) is 40.3 Å². The monoisotopic (exact) mass is 1120 g/mol. The van der Waals surface area contributed by atoms with Crippen molar-refractivity contribution in [3.8, 4) is 0 Å². The molecule has 0 aliphatic heterocycles. The van der Waals surface area contributed by atoms with Crippen LogP contribution in [0.5, 0.6) is 0 Å². The van der Waals surface area contributed by atoms with E-state index in [0.717, 1.165) is 141 Å². The molecule has 0 heterocycles. The van der Waals surface area contributed by atoms with Gasteiger partial charge < -0.3 is 33.3 Å². The number of nitrogens with zero attached hydrogens (tertiary/aromatic N) is 1. The lowest BCUT2D eigenvalue weighted by atomic mass is 10.0. The van der Waals surface area contributed by atoms with Gasteiger partial charge >= 0.3 is 11.9 Å². The molecule has 0 aromatic heterocycles. The second kappa shape index (κ2) is 61.0. The van der Waals surface area contributed by atoms with Crippen molar-refractivity contribution in [1.29, 1.82) is 0 Å². The summed E-state index contributed by atoms with van der Waals surface area (Å²) in [4.78, 5) is 37.4. The number of quaternary nitrogens is 1. The van der Waals surface area contributed by atoms with Gasteiger partial charge in [-0.15, -0.1) is 0 Å². The minimum Gasteiger partial charge on any atom is -0.545 e. The van der Waals surface area contributed by atoms with Crippen LogP contribution < -0.4 is 5.11 Å². The van der Waals surface area contributed by atoms with Crippen LogP contribution in [0.15, 0.2) is 158 Å². The molecule has 0 fully saturated rings. The number of carboxylic acids is 1. The van der Waals surface area contributed by atoms with Crippen molar-refractivity contribution in [1.82, 2.24) is 0 Å². The van der Waals surface area contributed by atoms with Gasteiger partial charge in [-0.25, -0.2) is 0 Å². The van der Waals surface area contributed by atoms with E-state index < -0.39 is 24.3 Å². The summed E-state index contributed by atoms with van der Waals surface area (Å²) in [5.74, 6) is -2.33. The number of carbonyl (C=O) groups excluding carboxylic acids is 3. The van der Waals surface area contributed by atoms with Gasteiger partial charge in [-0.05, 0) is 122 Å². The van der Waals surface area contributed by atoms with Crippen LogP contribution in [0, 0.1) is 0 Å². The molecule has 456 valence electrons. The van der Waals surface area contributed by atoms with Crippen LogP contribution in [0.25, 0.3) is 0 Å². The summed E-state index contributed by atoms with van der Waals surface area (Å²) >= 11 is 0. The third kappa shape index (κ3) is 62.4. The van der Waals surface area contributed by atoms with E-state index in [4.69, 9.17) is 18.9 Å². The molecule has 0 saturated carbocycles. The van der Waals surface area contributed by atoms with E-state index in [2.05, 4.69) is 172 Å². The molecule has 0 aliphatic rings. The van der Waals surface area contributed by atoms with Gasteiger partial charge in [0.2, 0.25) is 0 Å². The van der Waals surface area contributed by atoms with Crippen molar-refractivity contribution in [3.63, 3.8) is 0 Å². The van der Waals surface area contributed by atoms with Crippen LogP contribution in [0.4, 0.5) is 0 Å². The fourth-order valence-electron chi connectivity index (χ4n) is 7.99. The highest BCUT2D eigenvalue weighted by Crippen LogP contribution is 2.14. The summed E-state index contributed by atoms with van der Waals surface area (Å²) in [6.45, 7) is 4.47. The SMILES string of the molecule is CC/C=C\C/C=C\C/C=C\C/C=C\C/C=C\C/C=C\C/C=C\C/C=C\CCCCCCCCCCCCC(=O)OC(COC(=O)CCCCCCC/C=C\C/C=C\C/C=C\C/C=C\C/C=C\CC)COC(OCC[N+](C)(C)C)C(=O)[O-]. The summed E-state index contributed by atoms with van der Waals surface area (Å²) < 4.78 is 22.7. The van der Waals surface area contributed by atoms with E-state index in [1.54, 1.807) is 0 Å². The summed E-state index contributed by atoms with van der Waals surface area (Å²) in [6, 6.07) is 0. The van der Waals surface area contributed by atoms with Gasteiger partial charge in [0.25, 0.3) is 0 Å². The maximum Gasteiger partial charge on any atom is 0.306 e. The quantitative estimate of drug-likeness (QED) is 0.0195. The third-order valence-electron chi connectivity index (χ3n) is 12.8. The van der Waals surface area contributed by atoms with E-state index in [1.165, 1.54) is 38.5 Å². The maximum atomic E-state index is 12.9. The minimum absolute atomic E-state index is 0.134. The van der Waals surface area contributed by atoms with Crippen molar-refractivity contribution >= 4 is 17.9 Å². The Morgan fingerprint density at radius 1 is 0.370 bits per heavy atom. The molecule has 2 unspecified atom stereocenters. The lowest BCUT2D eigenvalue weighted by molar-refractivity contribution is -0.870. The highest BCUT2D eigenvalue weighted by atomic mass is 16.7. The van der Waals surface area contributed by atoms with Crippen molar-refractivity contribution in [2.45, 2.75) is 232 Å². The summed E-state index contributed by atoms with van der Waals surface area (Å²) in [5, 5.41) is 11.8. The Morgan fingerprint density at radius 3 is 0.988 bits per heavy atom. The lowest BCUT2D eigenvalue weighted by Gasteiger charge is -2.26. The van der Waals surface area contributed by atoms with Gasteiger partial charge in [-0.2, -0.15) is 0 Å². The number of esters is 2. The molecule has 0 radical (unpaired) electrons. The third-order valence-corrected chi connectivity index (χ3v) is 12.8. The fourth-order valence-corrected chi connectivity index (χ4v) is 7.99. The van der Waals surface area contributed by atoms with E-state index in [9.17, 15) is 19.5 Å². The predicted octanol–water partition coefficient (Wildman–Crippen LogP) is 18.0. The van der Waals surface area contributed by atoms with Gasteiger partial charge in [-0.1, -0.05) is 242 Å². The smallest absolute Gasteiger partial charge is 0.306 e. The van der Waals surface area contributed by atoms with Crippen LogP contribution in [0.3, 0.4) is 0 Å². The first kappa shape index (κ1) is 75.9. The number of hydrogen-bond donors (Lipinski definition) is 0. The molecule has 0 aromatic rings. The number of ether oxygens (including phenoxy) is 4. The zero-order valence-electron chi connectivity index (χ0n) is 51.8. The Hall–Kier alpha value is -5.09. The molecular weight excluding hydrogens is 1010 g/mol. The molecule has 0 N–H and O–H groups in total. The Bertz CT molecular complexity index is 1880. The molecule has 9 heteroatoms. The first-order valence-electron chi connectivity index (χ1n) is 31.6. The van der Waals surface area contributed by atoms with Gasteiger partial charge in [0.15, 0.2) is 12.4 Å². The van der Waals surface area contributed by atoms with Gasteiger partial charge in [0.1, 0.15) is 13.2 Å². The number of unbranched alkanes of at least 4 members (excludes halogenated alkanes) is 15. The van der Waals surface area contributed by atoms with Crippen molar-refractivity contribution < 1.29 is 42.9 Å². The van der Waals surface area contributed by atoms with Gasteiger partial charge in [0, 0.05) is 12.8 Å². The van der Waals surface area contributed by atoms with Crippen molar-refractivity contribution in [3.05, 3.63) is 158 Å². The highest BCUT2D eigenvalue weighted by Gasteiger charge is 2.22. The normalized spacial score (nSPS) is 13.8. The van der Waals surface area contributed by atoms with Crippen LogP contribution in [-0.2, 0) is 33.3 Å². The first-order valence-corrected chi connectivity index (χ1v) is 31.6. The number of hydrogen-bond acceptors (Lipinski definition) is 8. The average Bonchev–Trinajstić information content (AvgIpc) is 3.44. The standard InChI is InChI=1S/C72H115NO8/c1-6-8-10-12-14-16-18-20-22-24-26-28-29-30-31-32-33-34-35-36-37-38-39-40-41-43-45-47-49-51-53-55-57-59-61-63-70(75)81-68(67-80-72(71(76)77)78-65-64-73(3,4)5)66-79-69(74)62-60-58-56-54-52-50-48-46-44-42-27-25-23-21-19-17-15-13-11-9-7-2/h8-11,14-17,20-23,26-28,30-31,33-34,36-37,39-40,42,46,48,68,72H,6-7,12-13,18-19,24-25,29,32,35,38,41,43-45,47,49-67H2,1-5H3/b10-8-,11-9-,16-14-,17-15-,22-20-,23-21-,28-26-,31-30-,34-33-,37-36-,40-39-,42-27-,48-46-. The van der Waals surface area contributed by atoms with E-state index in [0.29, 0.717) is 23.9 Å². The summed E-state index contributed by atoms with van der Waals surface area (Å²) in [5.41, 5.74) is 0. The number of carboxylic acid groups (broad SMARTS) is 1. The lowest BCUT2D eigenvalue weighted by Crippen LogP contribution is -2.44. The maximum absolute atomic E-state index is 12.9. The Morgan fingerprint density at radius 2 is 0.667 bits per heavy atom.